The van der Waals surface area contributed by atoms with Gasteiger partial charge in [-0.3, -0.25) is 0 Å². The molecule has 1 heterocycles. The maximum Gasteiger partial charge on any atom is 0.205 e. The minimum absolute atomic E-state index is 0.877. The third-order valence-electron chi connectivity index (χ3n) is 0.740. The Morgan fingerprint density at radius 3 is 2.50 bits per heavy atom. The Labute approximate surface area is 51.8 Å². The molecule has 0 saturated heterocycles. The molecule has 4 heteroatoms. The Kier molecular flexibility index (Phi) is 1.43. The smallest absolute Gasteiger partial charge is 0.205 e. The predicted octanol–water partition coefficient (Wildman–Crippen LogP) is 0.888. The molecule has 1 N–H and O–H groups in total. The quantitative estimate of drug-likeness (QED) is 0.612. The highest BCUT2D eigenvalue weighted by Crippen LogP contribution is 2.11. The molecular weight excluding hydrogens is 122 g/mol. The van der Waals surface area contributed by atoms with Crippen LogP contribution in [-0.2, 0) is 0 Å². The van der Waals surface area contributed by atoms with Gasteiger partial charge in [0.1, 0.15) is 5.01 Å². The van der Waals surface area contributed by atoms with E-state index >= 15 is 0 Å². The van der Waals surface area contributed by atoms with E-state index in [-0.39, 0.29) is 0 Å². The van der Waals surface area contributed by atoms with Crippen LogP contribution < -0.4 is 5.32 Å². The molecule has 0 radical (unpaired) electrons. The minimum atomic E-state index is 0.877. The van der Waals surface area contributed by atoms with Crippen molar-refractivity contribution in [1.29, 1.82) is 0 Å². The predicted molar refractivity (Wildman–Crippen MR) is 34.2 cm³/mol. The van der Waals surface area contributed by atoms with Crippen molar-refractivity contribution in [2.24, 2.45) is 0 Å². The summed E-state index contributed by atoms with van der Waals surface area (Å²) >= 11 is 1.55. The van der Waals surface area contributed by atoms with Crippen LogP contribution >= 0.6 is 11.3 Å². The first-order valence-electron chi connectivity index (χ1n) is 2.31. The van der Waals surface area contributed by atoms with Gasteiger partial charge in [0.25, 0.3) is 0 Å². The standard InChI is InChI=1S/C4H7N3S/c1-3-6-7-4(5-2)8-3/h1-2H3,(H,5,7). The highest BCUT2D eigenvalue weighted by atomic mass is 32.1. The molecule has 0 fully saturated rings. The van der Waals surface area contributed by atoms with E-state index in [0.717, 1.165) is 10.1 Å². The van der Waals surface area contributed by atoms with Crippen LogP contribution in [0.4, 0.5) is 5.13 Å². The van der Waals surface area contributed by atoms with Crippen molar-refractivity contribution in [1.82, 2.24) is 10.2 Å². The second-order valence-corrected chi connectivity index (χ2v) is 2.56. The molecule has 1 aromatic heterocycles. The van der Waals surface area contributed by atoms with Gasteiger partial charge < -0.3 is 5.32 Å². The van der Waals surface area contributed by atoms with Crippen LogP contribution in [0.25, 0.3) is 0 Å². The van der Waals surface area contributed by atoms with Crippen molar-refractivity contribution in [2.75, 3.05) is 12.4 Å². The number of anilines is 1. The topological polar surface area (TPSA) is 37.8 Å². The van der Waals surface area contributed by atoms with Gasteiger partial charge in [-0.1, -0.05) is 11.3 Å². The molecule has 0 saturated carbocycles. The van der Waals surface area contributed by atoms with E-state index in [9.17, 15) is 0 Å². The molecule has 1 rings (SSSR count). The summed E-state index contributed by atoms with van der Waals surface area (Å²) in [6, 6.07) is 0. The number of hydrogen-bond acceptors (Lipinski definition) is 4. The highest BCUT2D eigenvalue weighted by Gasteiger charge is 1.92. The first kappa shape index (κ1) is 5.50. The zero-order valence-corrected chi connectivity index (χ0v) is 5.62. The van der Waals surface area contributed by atoms with Crippen LogP contribution in [0, 0.1) is 6.92 Å². The molecular formula is C4H7N3S. The maximum atomic E-state index is 3.79. The summed E-state index contributed by atoms with van der Waals surface area (Å²) in [6.07, 6.45) is 0. The van der Waals surface area contributed by atoms with Gasteiger partial charge in [-0.2, -0.15) is 0 Å². The molecule has 44 valence electrons. The van der Waals surface area contributed by atoms with Crippen molar-refractivity contribution < 1.29 is 0 Å². The molecule has 3 nitrogen and oxygen atoms in total. The monoisotopic (exact) mass is 129 g/mol. The van der Waals surface area contributed by atoms with Gasteiger partial charge in [0.05, 0.1) is 0 Å². The Morgan fingerprint density at radius 1 is 1.50 bits per heavy atom. The number of nitrogens with zero attached hydrogens (tertiary/aromatic N) is 2. The fraction of sp³-hybridized carbons (Fsp3) is 0.500. The second-order valence-electron chi connectivity index (χ2n) is 1.38. The van der Waals surface area contributed by atoms with Gasteiger partial charge in [-0.05, 0) is 6.92 Å². The molecule has 0 atom stereocenters. The molecule has 8 heavy (non-hydrogen) atoms. The number of hydrogen-bond donors (Lipinski definition) is 1. The summed E-state index contributed by atoms with van der Waals surface area (Å²) in [5.41, 5.74) is 0. The Morgan fingerprint density at radius 2 is 2.25 bits per heavy atom. The molecule has 0 aliphatic rings. The summed E-state index contributed by atoms with van der Waals surface area (Å²) in [5.74, 6) is 0. The summed E-state index contributed by atoms with van der Waals surface area (Å²) < 4.78 is 0. The van der Waals surface area contributed by atoms with E-state index in [1.807, 2.05) is 14.0 Å². The lowest BCUT2D eigenvalue weighted by atomic mass is 10.9. The van der Waals surface area contributed by atoms with Gasteiger partial charge in [-0.25, -0.2) is 0 Å². The largest absolute Gasteiger partial charge is 0.363 e. The first-order chi connectivity index (χ1) is 3.83. The number of aryl methyl sites for hydroxylation is 1. The molecule has 0 unspecified atom stereocenters. The van der Waals surface area contributed by atoms with Gasteiger partial charge >= 0.3 is 0 Å². The molecule has 1 aromatic rings. The summed E-state index contributed by atoms with van der Waals surface area (Å²) in [6.45, 7) is 1.93. The van der Waals surface area contributed by atoms with Gasteiger partial charge in [0, 0.05) is 7.05 Å². The second kappa shape index (κ2) is 2.09. The van der Waals surface area contributed by atoms with E-state index in [0.29, 0.717) is 0 Å². The van der Waals surface area contributed by atoms with E-state index in [2.05, 4.69) is 15.5 Å². The normalized spacial score (nSPS) is 9.25. The van der Waals surface area contributed by atoms with Gasteiger partial charge in [-0.15, -0.1) is 10.2 Å². The summed E-state index contributed by atoms with van der Waals surface area (Å²) in [7, 11) is 1.83. The molecule has 0 bridgehead atoms. The van der Waals surface area contributed by atoms with Crippen LogP contribution in [0.2, 0.25) is 0 Å². The average Bonchev–Trinajstić information content (AvgIpc) is 2.14. The van der Waals surface area contributed by atoms with Crippen LogP contribution in [-0.4, -0.2) is 17.2 Å². The van der Waals surface area contributed by atoms with Crippen LogP contribution in [0.15, 0.2) is 0 Å². The lowest BCUT2D eigenvalue weighted by Gasteiger charge is -1.82. The lowest BCUT2D eigenvalue weighted by molar-refractivity contribution is 1.05. The summed E-state index contributed by atoms with van der Waals surface area (Å²) in [4.78, 5) is 0. The van der Waals surface area contributed by atoms with E-state index < -0.39 is 0 Å². The Bertz CT molecular complexity index is 172. The van der Waals surface area contributed by atoms with Gasteiger partial charge in [0.2, 0.25) is 5.13 Å². The van der Waals surface area contributed by atoms with Crippen molar-refractivity contribution in [3.8, 4) is 0 Å². The third-order valence-corrected chi connectivity index (χ3v) is 1.60. The van der Waals surface area contributed by atoms with Crippen LogP contribution in [0.1, 0.15) is 5.01 Å². The Balaban J connectivity index is 2.84. The summed E-state index contributed by atoms with van der Waals surface area (Å²) in [5, 5.41) is 12.3. The van der Waals surface area contributed by atoms with Gasteiger partial charge in [0.15, 0.2) is 0 Å². The zero-order chi connectivity index (χ0) is 5.98. The number of nitrogens with one attached hydrogen (secondary N) is 1. The number of rotatable bonds is 1. The average molecular weight is 129 g/mol. The minimum Gasteiger partial charge on any atom is -0.363 e. The van der Waals surface area contributed by atoms with Crippen molar-refractivity contribution in [3.05, 3.63) is 5.01 Å². The highest BCUT2D eigenvalue weighted by molar-refractivity contribution is 7.15. The molecule has 0 aromatic carbocycles. The van der Waals surface area contributed by atoms with E-state index in [4.69, 9.17) is 0 Å². The SMILES string of the molecule is CNc1nnc(C)s1. The molecule has 0 aliphatic carbocycles. The van der Waals surface area contributed by atoms with Crippen LogP contribution in [0.5, 0.6) is 0 Å². The van der Waals surface area contributed by atoms with E-state index in [1.165, 1.54) is 0 Å². The van der Waals surface area contributed by atoms with Crippen molar-refractivity contribution >= 4 is 16.5 Å². The van der Waals surface area contributed by atoms with Crippen molar-refractivity contribution in [2.45, 2.75) is 6.92 Å². The maximum absolute atomic E-state index is 3.79. The van der Waals surface area contributed by atoms with Crippen LogP contribution in [0.3, 0.4) is 0 Å². The van der Waals surface area contributed by atoms with Crippen molar-refractivity contribution in [3.63, 3.8) is 0 Å². The van der Waals surface area contributed by atoms with E-state index in [1.54, 1.807) is 11.3 Å². The Hall–Kier alpha value is -0.640. The third kappa shape index (κ3) is 0.949. The lowest BCUT2D eigenvalue weighted by Crippen LogP contribution is -1.84. The fourth-order valence-electron chi connectivity index (χ4n) is 0.398. The molecule has 0 aliphatic heterocycles. The zero-order valence-electron chi connectivity index (χ0n) is 4.80. The fourth-order valence-corrected chi connectivity index (χ4v) is 0.943. The first-order valence-corrected chi connectivity index (χ1v) is 3.12. The number of aromatic nitrogens is 2. The molecule has 0 spiro atoms. The molecule has 0 amide bonds.